The number of aryl methyl sites for hydroxylation is 2. The first-order chi connectivity index (χ1) is 11.1. The molecule has 0 aliphatic heterocycles. The van der Waals surface area contributed by atoms with Crippen LogP contribution in [0.25, 0.3) is 5.69 Å². The van der Waals surface area contributed by atoms with Crippen LogP contribution in [-0.2, 0) is 0 Å². The zero-order valence-corrected chi connectivity index (χ0v) is 13.8. The molecule has 0 spiro atoms. The van der Waals surface area contributed by atoms with Crippen molar-refractivity contribution in [1.82, 2.24) is 25.0 Å². The molecule has 0 amide bonds. The Morgan fingerprint density at radius 1 is 1.09 bits per heavy atom. The lowest BCUT2D eigenvalue weighted by molar-refractivity contribution is 0.716. The fourth-order valence-corrected chi connectivity index (χ4v) is 2.37. The van der Waals surface area contributed by atoms with Gasteiger partial charge in [-0.2, -0.15) is 10.2 Å². The highest BCUT2D eigenvalue weighted by Gasteiger charge is 2.14. The topological polar surface area (TPSA) is 59.7 Å². The molecule has 0 saturated heterocycles. The number of rotatable bonds is 4. The molecule has 3 rings (SSSR count). The summed E-state index contributed by atoms with van der Waals surface area (Å²) in [6.45, 7) is 6.18. The first-order valence-corrected chi connectivity index (χ1v) is 7.55. The Labute approximate surface area is 135 Å². The van der Waals surface area contributed by atoms with Crippen LogP contribution in [0.3, 0.4) is 0 Å². The van der Waals surface area contributed by atoms with Crippen LogP contribution in [-0.4, -0.2) is 32.0 Å². The van der Waals surface area contributed by atoms with Crippen LogP contribution >= 0.6 is 0 Å². The molecule has 23 heavy (non-hydrogen) atoms. The maximum Gasteiger partial charge on any atom is 0.151 e. The van der Waals surface area contributed by atoms with E-state index >= 15 is 0 Å². The van der Waals surface area contributed by atoms with Gasteiger partial charge >= 0.3 is 0 Å². The van der Waals surface area contributed by atoms with Gasteiger partial charge in [-0.25, -0.2) is 9.67 Å². The lowest BCUT2D eigenvalue weighted by Crippen LogP contribution is -2.23. The molecule has 1 unspecified atom stereocenters. The molecule has 0 fully saturated rings. The van der Waals surface area contributed by atoms with Crippen LogP contribution in [0.2, 0.25) is 0 Å². The molecule has 0 aliphatic rings. The predicted molar refractivity (Wildman–Crippen MR) is 89.7 cm³/mol. The third-order valence-corrected chi connectivity index (χ3v) is 4.22. The van der Waals surface area contributed by atoms with Crippen molar-refractivity contribution >= 4 is 5.82 Å². The average molecular weight is 308 g/mol. The average Bonchev–Trinajstić information content (AvgIpc) is 3.11. The minimum Gasteiger partial charge on any atom is -0.351 e. The minimum absolute atomic E-state index is 0.191. The van der Waals surface area contributed by atoms with E-state index in [0.29, 0.717) is 0 Å². The van der Waals surface area contributed by atoms with E-state index in [2.05, 4.69) is 57.2 Å². The van der Waals surface area contributed by atoms with E-state index in [-0.39, 0.29) is 6.04 Å². The molecule has 6 nitrogen and oxygen atoms in total. The van der Waals surface area contributed by atoms with Crippen LogP contribution in [0, 0.1) is 13.8 Å². The summed E-state index contributed by atoms with van der Waals surface area (Å²) in [6.07, 6.45) is 3.22. The summed E-state index contributed by atoms with van der Waals surface area (Å²) >= 11 is 0. The van der Waals surface area contributed by atoms with Gasteiger partial charge in [0.15, 0.2) is 5.82 Å². The van der Waals surface area contributed by atoms with E-state index in [1.165, 1.54) is 11.9 Å². The first kappa shape index (κ1) is 15.1. The highest BCUT2D eigenvalue weighted by atomic mass is 15.3. The molecule has 0 N–H and O–H groups in total. The van der Waals surface area contributed by atoms with Crippen LogP contribution in [0.5, 0.6) is 0 Å². The third kappa shape index (κ3) is 3.06. The second kappa shape index (κ2) is 6.16. The van der Waals surface area contributed by atoms with Crippen molar-refractivity contribution in [3.05, 3.63) is 59.8 Å². The van der Waals surface area contributed by atoms with Crippen LogP contribution in [0.4, 0.5) is 5.82 Å². The van der Waals surface area contributed by atoms with Crippen LogP contribution in [0.15, 0.2) is 43.0 Å². The van der Waals surface area contributed by atoms with E-state index in [1.54, 1.807) is 11.0 Å². The van der Waals surface area contributed by atoms with Crippen molar-refractivity contribution in [1.29, 1.82) is 0 Å². The quantitative estimate of drug-likeness (QED) is 0.741. The summed E-state index contributed by atoms with van der Waals surface area (Å²) < 4.78 is 1.74. The van der Waals surface area contributed by atoms with Crippen molar-refractivity contribution < 1.29 is 0 Å². The Bertz CT molecular complexity index is 779. The van der Waals surface area contributed by atoms with Crippen LogP contribution < -0.4 is 4.90 Å². The van der Waals surface area contributed by atoms with Gasteiger partial charge < -0.3 is 4.90 Å². The number of aromatic nitrogens is 5. The summed E-state index contributed by atoms with van der Waals surface area (Å²) in [6, 6.07) is 10.6. The molecule has 118 valence electrons. The van der Waals surface area contributed by atoms with Gasteiger partial charge in [0.1, 0.15) is 12.7 Å². The smallest absolute Gasteiger partial charge is 0.151 e. The van der Waals surface area contributed by atoms with Gasteiger partial charge in [-0.15, -0.1) is 5.10 Å². The van der Waals surface area contributed by atoms with Gasteiger partial charge in [0.25, 0.3) is 0 Å². The summed E-state index contributed by atoms with van der Waals surface area (Å²) in [5.41, 5.74) is 4.31. The monoisotopic (exact) mass is 308 g/mol. The number of benzene rings is 1. The number of nitrogens with zero attached hydrogens (tertiary/aromatic N) is 6. The zero-order chi connectivity index (χ0) is 16.4. The predicted octanol–water partition coefficient (Wildman–Crippen LogP) is 2.87. The van der Waals surface area contributed by atoms with Gasteiger partial charge in [-0.1, -0.05) is 12.1 Å². The van der Waals surface area contributed by atoms with E-state index in [9.17, 15) is 0 Å². The molecule has 6 heteroatoms. The minimum atomic E-state index is 0.191. The zero-order valence-electron chi connectivity index (χ0n) is 13.8. The Morgan fingerprint density at radius 3 is 2.43 bits per heavy atom. The van der Waals surface area contributed by atoms with E-state index in [1.807, 2.05) is 26.1 Å². The van der Waals surface area contributed by atoms with Crippen LogP contribution in [0.1, 0.15) is 29.8 Å². The van der Waals surface area contributed by atoms with Crippen molar-refractivity contribution in [2.24, 2.45) is 0 Å². The Balaban J connectivity index is 1.81. The fraction of sp³-hybridized carbons (Fsp3) is 0.294. The van der Waals surface area contributed by atoms with Crippen molar-refractivity contribution in [3.8, 4) is 5.69 Å². The molecule has 0 bridgehead atoms. The standard InChI is InChI=1S/C17H20N6/c1-12-9-17(21-20-13(12)2)22(4)14(3)15-5-7-16(8-6-15)23-11-18-10-19-23/h5-11,14H,1-4H3. The molecule has 2 aromatic heterocycles. The summed E-state index contributed by atoms with van der Waals surface area (Å²) in [5, 5.41) is 12.6. The molecule has 1 atom stereocenters. The Morgan fingerprint density at radius 2 is 1.83 bits per heavy atom. The molecule has 0 radical (unpaired) electrons. The number of hydrogen-bond donors (Lipinski definition) is 0. The maximum atomic E-state index is 4.30. The first-order valence-electron chi connectivity index (χ1n) is 7.55. The van der Waals surface area contributed by atoms with Crippen molar-refractivity contribution in [3.63, 3.8) is 0 Å². The van der Waals surface area contributed by atoms with Gasteiger partial charge in [0.05, 0.1) is 17.4 Å². The number of hydrogen-bond acceptors (Lipinski definition) is 5. The molecule has 0 saturated carbocycles. The lowest BCUT2D eigenvalue weighted by atomic mass is 10.1. The molecule has 1 aromatic carbocycles. The second-order valence-corrected chi connectivity index (χ2v) is 5.69. The largest absolute Gasteiger partial charge is 0.351 e. The van der Waals surface area contributed by atoms with Crippen molar-refractivity contribution in [2.45, 2.75) is 26.8 Å². The number of anilines is 1. The normalized spacial score (nSPS) is 12.2. The summed E-state index contributed by atoms with van der Waals surface area (Å²) in [4.78, 5) is 6.10. The van der Waals surface area contributed by atoms with Gasteiger partial charge in [0, 0.05) is 7.05 Å². The van der Waals surface area contributed by atoms with E-state index < -0.39 is 0 Å². The molecule has 2 heterocycles. The lowest BCUT2D eigenvalue weighted by Gasteiger charge is -2.26. The third-order valence-electron chi connectivity index (χ3n) is 4.22. The Kier molecular flexibility index (Phi) is 4.06. The SMILES string of the molecule is Cc1cc(N(C)C(C)c2ccc(-n3cncn3)cc2)nnc1C. The van der Waals surface area contributed by atoms with Gasteiger partial charge in [-0.05, 0) is 50.1 Å². The Hall–Kier alpha value is -2.76. The molecule has 0 aliphatic carbocycles. The maximum absolute atomic E-state index is 4.30. The highest BCUT2D eigenvalue weighted by molar-refractivity contribution is 5.44. The van der Waals surface area contributed by atoms with E-state index in [4.69, 9.17) is 0 Å². The summed E-state index contributed by atoms with van der Waals surface area (Å²) in [5.74, 6) is 0.876. The van der Waals surface area contributed by atoms with Gasteiger partial charge in [-0.3, -0.25) is 0 Å². The highest BCUT2D eigenvalue weighted by Crippen LogP contribution is 2.25. The summed E-state index contributed by atoms with van der Waals surface area (Å²) in [7, 11) is 2.04. The fourth-order valence-electron chi connectivity index (χ4n) is 2.37. The van der Waals surface area contributed by atoms with Crippen molar-refractivity contribution in [2.75, 3.05) is 11.9 Å². The molecular formula is C17H20N6. The van der Waals surface area contributed by atoms with Gasteiger partial charge in [0.2, 0.25) is 0 Å². The van der Waals surface area contributed by atoms with E-state index in [0.717, 1.165) is 22.8 Å². The molecule has 3 aromatic rings. The second-order valence-electron chi connectivity index (χ2n) is 5.69. The molecular weight excluding hydrogens is 288 g/mol.